The van der Waals surface area contributed by atoms with E-state index in [-0.39, 0.29) is 23.8 Å². The lowest BCUT2D eigenvalue weighted by atomic mass is 9.86. The molecule has 166 valence electrons. The van der Waals surface area contributed by atoms with Gasteiger partial charge in [-0.25, -0.2) is 0 Å². The maximum Gasteiger partial charge on any atom is 0.262 e. The van der Waals surface area contributed by atoms with Crippen LogP contribution in [0.4, 0.5) is 11.4 Å². The first-order valence-corrected chi connectivity index (χ1v) is 10.8. The van der Waals surface area contributed by atoms with E-state index in [1.807, 2.05) is 61.5 Å². The van der Waals surface area contributed by atoms with Gasteiger partial charge in [0.1, 0.15) is 5.75 Å². The van der Waals surface area contributed by atoms with Crippen molar-refractivity contribution in [3.05, 3.63) is 90.0 Å². The van der Waals surface area contributed by atoms with Gasteiger partial charge < -0.3 is 15.0 Å². The summed E-state index contributed by atoms with van der Waals surface area (Å²) in [7, 11) is 0. The lowest BCUT2D eigenvalue weighted by Gasteiger charge is -2.22. The third kappa shape index (κ3) is 5.76. The van der Waals surface area contributed by atoms with Crippen molar-refractivity contribution >= 4 is 23.2 Å². The van der Waals surface area contributed by atoms with Crippen LogP contribution in [0.1, 0.15) is 43.6 Å². The van der Waals surface area contributed by atoms with Gasteiger partial charge in [-0.05, 0) is 60.4 Å². The molecular formula is C27H30N2O3. The van der Waals surface area contributed by atoms with Gasteiger partial charge in [-0.15, -0.1) is 0 Å². The molecule has 0 saturated carbocycles. The Balaban J connectivity index is 1.61. The monoisotopic (exact) mass is 430 g/mol. The van der Waals surface area contributed by atoms with E-state index in [4.69, 9.17) is 4.74 Å². The average Bonchev–Trinajstić information content (AvgIpc) is 2.79. The van der Waals surface area contributed by atoms with Crippen LogP contribution in [-0.2, 0) is 10.2 Å². The zero-order chi connectivity index (χ0) is 23.1. The van der Waals surface area contributed by atoms with Crippen LogP contribution < -0.4 is 15.0 Å². The Morgan fingerprint density at radius 2 is 1.50 bits per heavy atom. The molecule has 1 N–H and O–H groups in total. The third-order valence-electron chi connectivity index (χ3n) is 5.10. The van der Waals surface area contributed by atoms with E-state index in [0.29, 0.717) is 23.5 Å². The van der Waals surface area contributed by atoms with Crippen molar-refractivity contribution in [1.29, 1.82) is 0 Å². The molecule has 3 rings (SSSR count). The molecule has 0 fully saturated rings. The molecule has 0 bridgehead atoms. The van der Waals surface area contributed by atoms with Gasteiger partial charge in [-0.2, -0.15) is 0 Å². The summed E-state index contributed by atoms with van der Waals surface area (Å²) in [5.41, 5.74) is 2.99. The number of nitrogens with zero attached hydrogens (tertiary/aromatic N) is 1. The molecule has 0 saturated heterocycles. The molecule has 0 atom stereocenters. The number of para-hydroxylation sites is 2. The van der Waals surface area contributed by atoms with Gasteiger partial charge in [0, 0.05) is 23.5 Å². The van der Waals surface area contributed by atoms with Gasteiger partial charge in [0.05, 0.1) is 0 Å². The second kappa shape index (κ2) is 10.1. The van der Waals surface area contributed by atoms with Crippen molar-refractivity contribution in [3.8, 4) is 5.75 Å². The topological polar surface area (TPSA) is 58.6 Å². The van der Waals surface area contributed by atoms with E-state index in [1.54, 1.807) is 29.2 Å². The normalized spacial score (nSPS) is 11.0. The molecule has 3 aromatic rings. The molecule has 0 aromatic heterocycles. The van der Waals surface area contributed by atoms with E-state index in [9.17, 15) is 9.59 Å². The Labute approximate surface area is 190 Å². The minimum absolute atomic E-state index is 0.0818. The Morgan fingerprint density at radius 1 is 0.875 bits per heavy atom. The van der Waals surface area contributed by atoms with E-state index < -0.39 is 0 Å². The lowest BCUT2D eigenvalue weighted by molar-refractivity contribution is -0.118. The number of ether oxygens (including phenoxy) is 1. The highest BCUT2D eigenvalue weighted by atomic mass is 16.5. The van der Waals surface area contributed by atoms with Gasteiger partial charge in [0.2, 0.25) is 0 Å². The van der Waals surface area contributed by atoms with E-state index >= 15 is 0 Å². The maximum atomic E-state index is 12.9. The molecular weight excluding hydrogens is 400 g/mol. The van der Waals surface area contributed by atoms with Gasteiger partial charge in [-0.1, -0.05) is 57.2 Å². The van der Waals surface area contributed by atoms with Gasteiger partial charge in [-0.3, -0.25) is 9.59 Å². The number of anilines is 2. The van der Waals surface area contributed by atoms with Crippen LogP contribution in [0.25, 0.3) is 0 Å². The number of carbonyl (C=O) groups excluding carboxylic acids is 2. The molecule has 0 unspecified atom stereocenters. The van der Waals surface area contributed by atoms with Crippen molar-refractivity contribution in [3.63, 3.8) is 0 Å². The van der Waals surface area contributed by atoms with Crippen LogP contribution in [0.3, 0.4) is 0 Å². The molecule has 32 heavy (non-hydrogen) atoms. The SMILES string of the molecule is CCN(C(=O)c1ccc(NC(=O)COc2ccccc2C(C)(C)C)cc1)c1ccccc1. The summed E-state index contributed by atoms with van der Waals surface area (Å²) in [6.45, 7) is 8.73. The number of nitrogens with one attached hydrogen (secondary N) is 1. The fourth-order valence-corrected chi connectivity index (χ4v) is 3.46. The number of carbonyl (C=O) groups is 2. The summed E-state index contributed by atoms with van der Waals surface area (Å²) < 4.78 is 5.78. The number of benzene rings is 3. The summed E-state index contributed by atoms with van der Waals surface area (Å²) in [6.07, 6.45) is 0. The molecule has 0 radical (unpaired) electrons. The van der Waals surface area contributed by atoms with Gasteiger partial charge in [0.25, 0.3) is 11.8 Å². The van der Waals surface area contributed by atoms with Crippen molar-refractivity contribution in [2.24, 2.45) is 0 Å². The largest absolute Gasteiger partial charge is 0.483 e. The molecule has 0 aliphatic heterocycles. The Bertz CT molecular complexity index is 1050. The van der Waals surface area contributed by atoms with Crippen molar-refractivity contribution < 1.29 is 14.3 Å². The number of hydrogen-bond acceptors (Lipinski definition) is 3. The maximum absolute atomic E-state index is 12.9. The van der Waals surface area contributed by atoms with Crippen molar-refractivity contribution in [1.82, 2.24) is 0 Å². The fraction of sp³-hybridized carbons (Fsp3) is 0.259. The summed E-state index contributed by atoms with van der Waals surface area (Å²) in [4.78, 5) is 27.0. The van der Waals surface area contributed by atoms with Gasteiger partial charge in [0.15, 0.2) is 6.61 Å². The standard InChI is InChI=1S/C27H30N2O3/c1-5-29(22-11-7-6-8-12-22)26(31)20-15-17-21(18-16-20)28-25(30)19-32-24-14-10-9-13-23(24)27(2,3)4/h6-18H,5,19H2,1-4H3,(H,28,30). The predicted octanol–water partition coefficient (Wildman–Crippen LogP) is 5.67. The first-order chi connectivity index (χ1) is 15.3. The van der Waals surface area contributed by atoms with Crippen LogP contribution in [0.15, 0.2) is 78.9 Å². The van der Waals surface area contributed by atoms with Crippen LogP contribution in [0.5, 0.6) is 5.75 Å². The fourth-order valence-electron chi connectivity index (χ4n) is 3.46. The molecule has 3 aromatic carbocycles. The molecule has 5 nitrogen and oxygen atoms in total. The van der Waals surface area contributed by atoms with Crippen molar-refractivity contribution in [2.45, 2.75) is 33.1 Å². The van der Waals surface area contributed by atoms with Crippen LogP contribution in [0.2, 0.25) is 0 Å². The molecule has 0 aliphatic carbocycles. The van der Waals surface area contributed by atoms with Crippen LogP contribution in [-0.4, -0.2) is 25.0 Å². The highest BCUT2D eigenvalue weighted by Crippen LogP contribution is 2.30. The second-order valence-electron chi connectivity index (χ2n) is 8.55. The lowest BCUT2D eigenvalue weighted by Crippen LogP contribution is -2.30. The number of hydrogen-bond donors (Lipinski definition) is 1. The first kappa shape index (κ1) is 23.1. The average molecular weight is 431 g/mol. The summed E-state index contributed by atoms with van der Waals surface area (Å²) >= 11 is 0. The van der Waals surface area contributed by atoms with Crippen molar-refractivity contribution in [2.75, 3.05) is 23.4 Å². The minimum atomic E-state index is -0.257. The zero-order valence-corrected chi connectivity index (χ0v) is 19.1. The molecule has 0 heterocycles. The Hall–Kier alpha value is -3.60. The highest BCUT2D eigenvalue weighted by molar-refractivity contribution is 6.06. The van der Waals surface area contributed by atoms with Gasteiger partial charge >= 0.3 is 0 Å². The smallest absolute Gasteiger partial charge is 0.262 e. The number of amides is 2. The third-order valence-corrected chi connectivity index (χ3v) is 5.10. The Kier molecular flexibility index (Phi) is 7.31. The molecule has 5 heteroatoms. The Morgan fingerprint density at radius 3 is 2.12 bits per heavy atom. The quantitative estimate of drug-likeness (QED) is 0.525. The van der Waals surface area contributed by atoms with E-state index in [2.05, 4.69) is 26.1 Å². The summed E-state index contributed by atoms with van der Waals surface area (Å²) in [5.74, 6) is 0.364. The second-order valence-corrected chi connectivity index (χ2v) is 8.55. The van der Waals surface area contributed by atoms with E-state index in [1.165, 1.54) is 0 Å². The molecule has 0 aliphatic rings. The minimum Gasteiger partial charge on any atom is -0.483 e. The highest BCUT2D eigenvalue weighted by Gasteiger charge is 2.19. The van der Waals surface area contributed by atoms with Crippen LogP contribution in [0, 0.1) is 0 Å². The molecule has 0 spiro atoms. The summed E-state index contributed by atoms with van der Waals surface area (Å²) in [6, 6.07) is 24.2. The summed E-state index contributed by atoms with van der Waals surface area (Å²) in [5, 5.41) is 2.82. The van der Waals surface area contributed by atoms with Crippen LogP contribution >= 0.6 is 0 Å². The molecule has 2 amide bonds. The predicted molar refractivity (Wildman–Crippen MR) is 130 cm³/mol. The zero-order valence-electron chi connectivity index (χ0n) is 19.1. The number of rotatable bonds is 7. The van der Waals surface area contributed by atoms with E-state index in [0.717, 1.165) is 11.3 Å². The first-order valence-electron chi connectivity index (χ1n) is 10.8.